The van der Waals surface area contributed by atoms with Gasteiger partial charge in [0.2, 0.25) is 5.91 Å². The van der Waals surface area contributed by atoms with Crippen LogP contribution >= 0.6 is 11.8 Å². The molecule has 9 nitrogen and oxygen atoms in total. The van der Waals surface area contributed by atoms with E-state index >= 15 is 0 Å². The van der Waals surface area contributed by atoms with Crippen LogP contribution in [-0.2, 0) is 11.3 Å². The second-order valence-corrected chi connectivity index (χ2v) is 8.89. The van der Waals surface area contributed by atoms with Crippen molar-refractivity contribution >= 4 is 23.5 Å². The molecule has 10 heteroatoms. The molecule has 176 valence electrons. The van der Waals surface area contributed by atoms with E-state index in [2.05, 4.69) is 26.7 Å². The lowest BCUT2D eigenvalue weighted by Crippen LogP contribution is -2.49. The van der Waals surface area contributed by atoms with Crippen LogP contribution in [0.15, 0.2) is 66.5 Å². The fourth-order valence-electron chi connectivity index (χ4n) is 4.04. The smallest absolute Gasteiger partial charge is 0.233 e. The Kier molecular flexibility index (Phi) is 6.66. The van der Waals surface area contributed by atoms with E-state index in [0.29, 0.717) is 48.7 Å². The molecule has 1 atom stereocenters. The van der Waals surface area contributed by atoms with E-state index in [1.54, 1.807) is 12.3 Å². The van der Waals surface area contributed by atoms with Gasteiger partial charge in [0.05, 0.1) is 5.75 Å². The molecule has 1 saturated heterocycles. The molecule has 0 bridgehead atoms. The predicted octanol–water partition coefficient (Wildman–Crippen LogP) is 2.81. The normalized spacial score (nSPS) is 17.5. The van der Waals surface area contributed by atoms with Crippen LogP contribution in [0.2, 0.25) is 0 Å². The Morgan fingerprint density at radius 3 is 2.65 bits per heavy atom. The summed E-state index contributed by atoms with van der Waals surface area (Å²) in [4.78, 5) is 21.4. The lowest BCUT2D eigenvalue weighted by atomic mass is 10.2. The van der Waals surface area contributed by atoms with Crippen LogP contribution in [0, 0.1) is 0 Å². The van der Waals surface area contributed by atoms with Crippen molar-refractivity contribution < 1.29 is 14.3 Å². The molecular weight excluding hydrogens is 452 g/mol. The molecule has 0 unspecified atom stereocenters. The van der Waals surface area contributed by atoms with Crippen molar-refractivity contribution in [3.8, 4) is 11.5 Å². The number of benzene rings is 1. The number of fused-ring (bicyclic) bond motifs is 1. The second-order valence-electron chi connectivity index (χ2n) is 7.95. The number of allylic oxidation sites excluding steroid dienone is 1. The van der Waals surface area contributed by atoms with Crippen molar-refractivity contribution in [2.75, 3.05) is 43.4 Å². The Bertz CT molecular complexity index is 1150. The summed E-state index contributed by atoms with van der Waals surface area (Å²) in [5.41, 5.74) is 0. The van der Waals surface area contributed by atoms with Crippen molar-refractivity contribution in [2.45, 2.75) is 17.8 Å². The Morgan fingerprint density at radius 2 is 1.88 bits per heavy atom. The van der Waals surface area contributed by atoms with Crippen LogP contribution in [-0.4, -0.2) is 69.1 Å². The number of hydrogen-bond donors (Lipinski definition) is 0. The van der Waals surface area contributed by atoms with Gasteiger partial charge in [-0.25, -0.2) is 4.98 Å². The molecular formula is C24H26N6O3S. The minimum Gasteiger partial charge on any atom is -0.485 e. The molecule has 0 aliphatic carbocycles. The number of amides is 1. The van der Waals surface area contributed by atoms with Gasteiger partial charge in [0.1, 0.15) is 12.4 Å². The van der Waals surface area contributed by atoms with Gasteiger partial charge in [-0.15, -0.1) is 16.8 Å². The molecule has 1 amide bonds. The summed E-state index contributed by atoms with van der Waals surface area (Å²) >= 11 is 1.38. The van der Waals surface area contributed by atoms with Crippen molar-refractivity contribution in [2.24, 2.45) is 0 Å². The summed E-state index contributed by atoms with van der Waals surface area (Å²) < 4.78 is 13.9. The Morgan fingerprint density at radius 1 is 1.09 bits per heavy atom. The fraction of sp³-hybridized carbons (Fsp3) is 0.333. The van der Waals surface area contributed by atoms with Gasteiger partial charge in [0, 0.05) is 38.9 Å². The van der Waals surface area contributed by atoms with Crippen LogP contribution in [0.3, 0.4) is 0 Å². The summed E-state index contributed by atoms with van der Waals surface area (Å²) in [6, 6.07) is 13.4. The highest BCUT2D eigenvalue weighted by Crippen LogP contribution is 2.36. The van der Waals surface area contributed by atoms with E-state index in [-0.39, 0.29) is 12.0 Å². The molecule has 1 aromatic carbocycles. The zero-order chi connectivity index (χ0) is 23.3. The highest BCUT2D eigenvalue weighted by atomic mass is 32.2. The lowest BCUT2D eigenvalue weighted by molar-refractivity contribution is -0.128. The van der Waals surface area contributed by atoms with Gasteiger partial charge < -0.3 is 19.3 Å². The molecule has 3 aromatic rings. The summed E-state index contributed by atoms with van der Waals surface area (Å²) in [5, 5.41) is 9.37. The zero-order valence-corrected chi connectivity index (χ0v) is 19.6. The van der Waals surface area contributed by atoms with Crippen LogP contribution < -0.4 is 14.4 Å². The number of carbonyl (C=O) groups excluding carboxylic acids is 1. The van der Waals surface area contributed by atoms with E-state index in [1.807, 2.05) is 51.9 Å². The lowest BCUT2D eigenvalue weighted by Gasteiger charge is -2.35. The van der Waals surface area contributed by atoms with E-state index in [9.17, 15) is 4.79 Å². The number of aromatic nitrogens is 4. The maximum absolute atomic E-state index is 12.9. The number of pyridine rings is 1. The van der Waals surface area contributed by atoms with E-state index in [1.165, 1.54) is 11.8 Å². The molecule has 34 heavy (non-hydrogen) atoms. The first-order valence-electron chi connectivity index (χ1n) is 11.2. The minimum absolute atomic E-state index is 0.0894. The molecule has 0 radical (unpaired) electrons. The third kappa shape index (κ3) is 4.72. The standard InChI is InChI=1S/C24H26N6O3S/c1-2-11-30-23(20-16-32-18-7-3-4-8-19(18)33-20)26-27-24(30)34-17-22(31)29-14-12-28(13-15-29)21-9-5-6-10-25-21/h2-10,20H,1,11-17H2/t20-/m0/s1. The summed E-state index contributed by atoms with van der Waals surface area (Å²) in [6.45, 7) is 7.60. The first kappa shape index (κ1) is 22.3. The molecule has 1 fully saturated rings. The maximum Gasteiger partial charge on any atom is 0.233 e. The summed E-state index contributed by atoms with van der Waals surface area (Å²) in [5.74, 6) is 3.40. The van der Waals surface area contributed by atoms with Gasteiger partial charge in [-0.1, -0.05) is 36.0 Å². The molecule has 5 rings (SSSR count). The van der Waals surface area contributed by atoms with Gasteiger partial charge in [-0.2, -0.15) is 0 Å². The number of para-hydroxylation sites is 2. The van der Waals surface area contributed by atoms with Crippen molar-refractivity contribution in [3.63, 3.8) is 0 Å². The van der Waals surface area contributed by atoms with Crippen LogP contribution in [0.5, 0.6) is 11.5 Å². The summed E-state index contributed by atoms with van der Waals surface area (Å²) in [6.07, 6.45) is 3.19. The third-order valence-corrected chi connectivity index (χ3v) is 6.74. The molecule has 2 aliphatic heterocycles. The molecule has 4 heterocycles. The maximum atomic E-state index is 12.9. The molecule has 0 spiro atoms. The molecule has 2 aliphatic rings. The van der Waals surface area contributed by atoms with Gasteiger partial charge in [-0.05, 0) is 24.3 Å². The largest absolute Gasteiger partial charge is 0.485 e. The number of hydrogen-bond acceptors (Lipinski definition) is 8. The average molecular weight is 479 g/mol. The number of carbonyl (C=O) groups is 1. The van der Waals surface area contributed by atoms with Gasteiger partial charge in [-0.3, -0.25) is 9.36 Å². The predicted molar refractivity (Wildman–Crippen MR) is 129 cm³/mol. The zero-order valence-electron chi connectivity index (χ0n) is 18.7. The number of anilines is 1. The number of thioether (sulfide) groups is 1. The number of rotatable bonds is 7. The SMILES string of the molecule is C=CCn1c(SCC(=O)N2CCN(c3ccccn3)CC2)nnc1[C@@H]1COc2ccccc2O1. The third-order valence-electron chi connectivity index (χ3n) is 5.78. The van der Waals surface area contributed by atoms with Gasteiger partial charge >= 0.3 is 0 Å². The summed E-state index contributed by atoms with van der Waals surface area (Å²) in [7, 11) is 0. The number of piperazine rings is 1. The average Bonchev–Trinajstić information content (AvgIpc) is 3.30. The van der Waals surface area contributed by atoms with Crippen LogP contribution in [0.1, 0.15) is 11.9 Å². The quantitative estimate of drug-likeness (QED) is 0.379. The fourth-order valence-corrected chi connectivity index (χ4v) is 4.89. The van der Waals surface area contributed by atoms with Crippen LogP contribution in [0.25, 0.3) is 0 Å². The van der Waals surface area contributed by atoms with Crippen molar-refractivity contribution in [3.05, 3.63) is 67.1 Å². The Labute approximate surface area is 202 Å². The number of nitrogens with zero attached hydrogens (tertiary/aromatic N) is 6. The molecule has 2 aromatic heterocycles. The van der Waals surface area contributed by atoms with Crippen molar-refractivity contribution in [1.29, 1.82) is 0 Å². The highest BCUT2D eigenvalue weighted by molar-refractivity contribution is 7.99. The first-order chi connectivity index (χ1) is 16.7. The van der Waals surface area contributed by atoms with E-state index < -0.39 is 0 Å². The second kappa shape index (κ2) is 10.2. The molecule has 0 N–H and O–H groups in total. The van der Waals surface area contributed by atoms with Crippen LogP contribution in [0.4, 0.5) is 5.82 Å². The van der Waals surface area contributed by atoms with E-state index in [4.69, 9.17) is 9.47 Å². The monoisotopic (exact) mass is 478 g/mol. The Hall–Kier alpha value is -3.53. The molecule has 0 saturated carbocycles. The van der Waals surface area contributed by atoms with E-state index in [0.717, 1.165) is 24.7 Å². The topological polar surface area (TPSA) is 85.6 Å². The Balaban J connectivity index is 1.20. The van der Waals surface area contributed by atoms with Gasteiger partial charge in [0.15, 0.2) is 28.6 Å². The first-order valence-corrected chi connectivity index (χ1v) is 12.2. The highest BCUT2D eigenvalue weighted by Gasteiger charge is 2.29. The minimum atomic E-state index is -0.382. The number of ether oxygens (including phenoxy) is 2. The van der Waals surface area contributed by atoms with Crippen molar-refractivity contribution in [1.82, 2.24) is 24.6 Å². The van der Waals surface area contributed by atoms with Gasteiger partial charge in [0.25, 0.3) is 0 Å².